The third-order valence-electron chi connectivity index (χ3n) is 1.21. The number of aromatic nitrogens is 4. The minimum Gasteiger partial charge on any atom is -0.439 e. The molecule has 0 aliphatic rings. The molecule has 0 unspecified atom stereocenters. The summed E-state index contributed by atoms with van der Waals surface area (Å²) in [5, 5.41) is 0. The second-order valence-electron chi connectivity index (χ2n) is 2.05. The highest BCUT2D eigenvalue weighted by atomic mass is 16.3. The highest BCUT2D eigenvalue weighted by molar-refractivity contribution is 5.26. The Kier molecular flexibility index (Phi) is 1.97. The van der Waals surface area contributed by atoms with Gasteiger partial charge >= 0.3 is 0 Å². The zero-order valence-electron chi connectivity index (χ0n) is 6.51. The van der Waals surface area contributed by atoms with Crippen molar-refractivity contribution in [1.29, 1.82) is 0 Å². The van der Waals surface area contributed by atoms with Crippen molar-refractivity contribution in [2.45, 2.75) is 0 Å². The van der Waals surface area contributed by atoms with Crippen molar-refractivity contribution >= 4 is 0 Å². The Morgan fingerprint density at radius 1 is 1.08 bits per heavy atom. The Labute approximate surface area is 73.9 Å². The molecule has 62 valence electrons. The molecular weight excluding hydrogens is 168 g/mol. The molecule has 0 bridgehead atoms. The highest BCUT2D eigenvalue weighted by Crippen LogP contribution is 1.90. The molecule has 5 heteroatoms. The third kappa shape index (κ3) is 1.87. The van der Waals surface area contributed by atoms with Crippen molar-refractivity contribution < 1.29 is 4.42 Å². The molecular formula is C8H4N4O. The SMILES string of the molecule is C(#Cc1ncco1)c1ncncn1. The van der Waals surface area contributed by atoms with Crippen LogP contribution < -0.4 is 0 Å². The molecule has 0 fully saturated rings. The molecule has 0 radical (unpaired) electrons. The van der Waals surface area contributed by atoms with Crippen LogP contribution in [-0.2, 0) is 0 Å². The van der Waals surface area contributed by atoms with Gasteiger partial charge in [0, 0.05) is 5.92 Å². The standard InChI is InChI=1S/C8H4N4O/c1(2-8-10-3-4-13-8)7-11-5-9-6-12-7/h3-6H. The number of hydrogen-bond donors (Lipinski definition) is 0. The largest absolute Gasteiger partial charge is 0.439 e. The first-order chi connectivity index (χ1) is 6.45. The Bertz CT molecular complexity index is 426. The number of nitrogens with zero attached hydrogens (tertiary/aromatic N) is 4. The van der Waals surface area contributed by atoms with Gasteiger partial charge in [0.05, 0.1) is 6.20 Å². The molecule has 0 aromatic carbocycles. The van der Waals surface area contributed by atoms with E-state index in [4.69, 9.17) is 4.42 Å². The van der Waals surface area contributed by atoms with Crippen molar-refractivity contribution in [1.82, 2.24) is 19.9 Å². The maximum Gasteiger partial charge on any atom is 0.273 e. The van der Waals surface area contributed by atoms with Crippen LogP contribution in [0.4, 0.5) is 0 Å². The smallest absolute Gasteiger partial charge is 0.273 e. The fourth-order valence-electron chi connectivity index (χ4n) is 0.698. The van der Waals surface area contributed by atoms with Crippen LogP contribution in [0.3, 0.4) is 0 Å². The van der Waals surface area contributed by atoms with Crippen LogP contribution in [0.15, 0.2) is 29.5 Å². The second kappa shape index (κ2) is 3.45. The molecule has 5 nitrogen and oxygen atoms in total. The summed E-state index contributed by atoms with van der Waals surface area (Å²) in [6, 6.07) is 0. The van der Waals surface area contributed by atoms with E-state index in [1.807, 2.05) is 0 Å². The van der Waals surface area contributed by atoms with Crippen molar-refractivity contribution in [3.05, 3.63) is 36.8 Å². The summed E-state index contributed by atoms with van der Waals surface area (Å²) in [4.78, 5) is 15.1. The highest BCUT2D eigenvalue weighted by Gasteiger charge is 1.89. The number of rotatable bonds is 0. The van der Waals surface area contributed by atoms with E-state index in [9.17, 15) is 0 Å². The predicted octanol–water partition coefficient (Wildman–Crippen LogP) is 0.259. The molecule has 0 saturated heterocycles. The van der Waals surface area contributed by atoms with E-state index in [1.54, 1.807) is 0 Å². The first kappa shape index (κ1) is 7.43. The van der Waals surface area contributed by atoms with Crippen LogP contribution in [0.2, 0.25) is 0 Å². The first-order valence-corrected chi connectivity index (χ1v) is 3.48. The van der Waals surface area contributed by atoms with Crippen molar-refractivity contribution in [3.63, 3.8) is 0 Å². The average molecular weight is 172 g/mol. The van der Waals surface area contributed by atoms with Gasteiger partial charge in [0.15, 0.2) is 0 Å². The minimum atomic E-state index is 0.348. The van der Waals surface area contributed by atoms with Crippen LogP contribution in [0.5, 0.6) is 0 Å². The van der Waals surface area contributed by atoms with Crippen LogP contribution >= 0.6 is 0 Å². The van der Waals surface area contributed by atoms with Crippen molar-refractivity contribution in [3.8, 4) is 11.8 Å². The van der Waals surface area contributed by atoms with E-state index in [0.717, 1.165) is 0 Å². The van der Waals surface area contributed by atoms with Crippen molar-refractivity contribution in [2.75, 3.05) is 0 Å². The lowest BCUT2D eigenvalue weighted by atomic mass is 10.5. The summed E-state index contributed by atoms with van der Waals surface area (Å²) < 4.78 is 4.90. The zero-order chi connectivity index (χ0) is 8.93. The van der Waals surface area contributed by atoms with Crippen LogP contribution in [-0.4, -0.2) is 19.9 Å². The molecule has 0 N–H and O–H groups in total. The number of oxazole rings is 1. The zero-order valence-corrected chi connectivity index (χ0v) is 6.51. The lowest BCUT2D eigenvalue weighted by Crippen LogP contribution is -1.87. The van der Waals surface area contributed by atoms with Gasteiger partial charge in [-0.2, -0.15) is 0 Å². The monoisotopic (exact) mass is 172 g/mol. The van der Waals surface area contributed by atoms with Gasteiger partial charge in [-0.3, -0.25) is 0 Å². The van der Waals surface area contributed by atoms with Gasteiger partial charge < -0.3 is 4.42 Å². The number of hydrogen-bond acceptors (Lipinski definition) is 5. The van der Waals surface area contributed by atoms with Crippen LogP contribution in [0.25, 0.3) is 0 Å². The second-order valence-corrected chi connectivity index (χ2v) is 2.05. The minimum absolute atomic E-state index is 0.348. The normalized spacial score (nSPS) is 8.92. The lowest BCUT2D eigenvalue weighted by molar-refractivity contribution is 0.543. The fraction of sp³-hybridized carbons (Fsp3) is 0. The molecule has 0 aliphatic carbocycles. The summed E-state index contributed by atoms with van der Waals surface area (Å²) in [5.74, 6) is 6.08. The maximum absolute atomic E-state index is 4.90. The van der Waals surface area contributed by atoms with Gasteiger partial charge in [-0.25, -0.2) is 19.9 Å². The molecule has 2 heterocycles. The van der Waals surface area contributed by atoms with Crippen LogP contribution in [0.1, 0.15) is 11.7 Å². The molecule has 0 amide bonds. The molecule has 0 saturated carbocycles. The summed E-state index contributed by atoms with van der Waals surface area (Å²) in [7, 11) is 0. The maximum atomic E-state index is 4.90. The van der Waals surface area contributed by atoms with Crippen LogP contribution in [0, 0.1) is 11.8 Å². The van der Waals surface area contributed by atoms with Gasteiger partial charge in [-0.1, -0.05) is 0 Å². The van der Waals surface area contributed by atoms with Gasteiger partial charge in [0.1, 0.15) is 18.9 Å². The third-order valence-corrected chi connectivity index (χ3v) is 1.21. The molecule has 0 atom stereocenters. The quantitative estimate of drug-likeness (QED) is 0.533. The summed E-state index contributed by atoms with van der Waals surface area (Å²) in [6.07, 6.45) is 5.74. The Hall–Kier alpha value is -2.22. The van der Waals surface area contributed by atoms with Gasteiger partial charge in [-0.15, -0.1) is 0 Å². The van der Waals surface area contributed by atoms with Gasteiger partial charge in [0.2, 0.25) is 5.82 Å². The molecule has 2 aromatic heterocycles. The van der Waals surface area contributed by atoms with Gasteiger partial charge in [-0.05, 0) is 5.92 Å². The van der Waals surface area contributed by atoms with E-state index in [1.165, 1.54) is 25.1 Å². The Morgan fingerprint density at radius 3 is 2.62 bits per heavy atom. The lowest BCUT2D eigenvalue weighted by Gasteiger charge is -1.82. The molecule has 0 aliphatic heterocycles. The van der Waals surface area contributed by atoms with E-state index < -0.39 is 0 Å². The van der Waals surface area contributed by atoms with Crippen molar-refractivity contribution in [2.24, 2.45) is 0 Å². The van der Waals surface area contributed by atoms with E-state index in [2.05, 4.69) is 31.8 Å². The fourth-order valence-corrected chi connectivity index (χ4v) is 0.698. The summed E-state index contributed by atoms with van der Waals surface area (Å²) >= 11 is 0. The van der Waals surface area contributed by atoms with E-state index in [-0.39, 0.29) is 0 Å². The summed E-state index contributed by atoms with van der Waals surface area (Å²) in [5.41, 5.74) is 0. The molecule has 13 heavy (non-hydrogen) atoms. The predicted molar refractivity (Wildman–Crippen MR) is 42.3 cm³/mol. The molecule has 0 spiro atoms. The van der Waals surface area contributed by atoms with Gasteiger partial charge in [0.25, 0.3) is 5.89 Å². The summed E-state index contributed by atoms with van der Waals surface area (Å²) in [6.45, 7) is 0. The molecule has 2 aromatic rings. The average Bonchev–Trinajstić information content (AvgIpc) is 2.69. The Morgan fingerprint density at radius 2 is 1.92 bits per heavy atom. The Balaban J connectivity index is 2.23. The topological polar surface area (TPSA) is 64.7 Å². The first-order valence-electron chi connectivity index (χ1n) is 3.48. The molecule has 2 rings (SSSR count). The van der Waals surface area contributed by atoms with E-state index in [0.29, 0.717) is 11.7 Å². The van der Waals surface area contributed by atoms with E-state index >= 15 is 0 Å².